The summed E-state index contributed by atoms with van der Waals surface area (Å²) in [7, 11) is -10.2. The number of aliphatic hydroxyl groups is 3. The Hall–Kier alpha value is -4.22. The summed E-state index contributed by atoms with van der Waals surface area (Å²) in [5.41, 5.74) is 6.11. The number of fused-ring (bicyclic) bond motifs is 1. The molecule has 8 N–H and O–H groups in total. The third kappa shape index (κ3) is 9.20. The number of nitrogens with one attached hydrogen (secondary N) is 2. The first-order valence-corrected chi connectivity index (χ1v) is 17.1. The Labute approximate surface area is 270 Å². The van der Waals surface area contributed by atoms with Crippen molar-refractivity contribution >= 4 is 34.5 Å². The fraction of sp³-hybridized carbons (Fsp3) is 0.200. The quantitative estimate of drug-likeness (QED) is 0.0922. The third-order valence-corrected chi connectivity index (χ3v) is 9.72. The number of benzene rings is 2. The first-order valence-electron chi connectivity index (χ1n) is 14.1. The van der Waals surface area contributed by atoms with E-state index in [2.05, 4.69) is 31.0 Å². The van der Waals surface area contributed by atoms with Gasteiger partial charge in [-0.2, -0.15) is 4.49 Å². The Balaban J connectivity index is 0.000000488. The zero-order valence-electron chi connectivity index (χ0n) is 24.9. The minimum Gasteiger partial charge on any atom is -0.799 e. The second-order valence-electron chi connectivity index (χ2n) is 10.4. The molecule has 0 saturated carbocycles. The Morgan fingerprint density at radius 3 is 2.17 bits per heavy atom. The van der Waals surface area contributed by atoms with E-state index in [4.69, 9.17) is 15.3 Å². The highest BCUT2D eigenvalue weighted by Gasteiger charge is 2.28. The number of sulfonamides is 1. The van der Waals surface area contributed by atoms with Gasteiger partial charge in [0.05, 0.1) is 54.9 Å². The molecule has 0 spiro atoms. The van der Waals surface area contributed by atoms with Crippen molar-refractivity contribution in [2.75, 3.05) is 31.7 Å². The van der Waals surface area contributed by atoms with E-state index in [-0.39, 0.29) is 31.2 Å². The molecular formula is C30H33N7O8PS-. The summed E-state index contributed by atoms with van der Waals surface area (Å²) in [5.74, 6) is 0.619. The molecule has 0 atom stereocenters. The molecule has 0 amide bonds. The number of nitrogens with zero attached hydrogens (tertiary/aromatic N) is 4. The van der Waals surface area contributed by atoms with Gasteiger partial charge in [0.2, 0.25) is 10.0 Å². The molecular weight excluding hydrogens is 649 g/mol. The van der Waals surface area contributed by atoms with E-state index in [1.54, 1.807) is 12.3 Å². The van der Waals surface area contributed by atoms with Gasteiger partial charge in [-0.25, -0.2) is 18.4 Å². The summed E-state index contributed by atoms with van der Waals surface area (Å²) in [6, 6.07) is 22.0. The molecule has 0 aliphatic carbocycles. The van der Waals surface area contributed by atoms with Crippen LogP contribution in [0.25, 0.3) is 33.4 Å². The highest BCUT2D eigenvalue weighted by atomic mass is 32.2. The largest absolute Gasteiger partial charge is 0.799 e. The smallest absolute Gasteiger partial charge is 0.246 e. The van der Waals surface area contributed by atoms with Crippen LogP contribution in [0.1, 0.15) is 5.69 Å². The van der Waals surface area contributed by atoms with Crippen molar-refractivity contribution in [1.82, 2.24) is 24.4 Å². The minimum atomic E-state index is -5.57. The molecule has 0 bridgehead atoms. The van der Waals surface area contributed by atoms with Gasteiger partial charge in [-0.3, -0.25) is 9.97 Å². The lowest BCUT2D eigenvalue weighted by molar-refractivity contribution is -0.399. The van der Waals surface area contributed by atoms with E-state index in [0.29, 0.717) is 24.4 Å². The maximum Gasteiger partial charge on any atom is 0.246 e. The molecule has 0 aliphatic rings. The van der Waals surface area contributed by atoms with Gasteiger partial charge in [0, 0.05) is 31.9 Å². The normalized spacial score (nSPS) is 12.0. The Kier molecular flexibility index (Phi) is 11.8. The highest BCUT2D eigenvalue weighted by Crippen LogP contribution is 2.34. The van der Waals surface area contributed by atoms with Crippen LogP contribution in [0.4, 0.5) is 5.82 Å². The molecule has 0 fully saturated rings. The average Bonchev–Trinajstić information content (AvgIpc) is 3.08. The summed E-state index contributed by atoms with van der Waals surface area (Å²) in [4.78, 5) is 39.1. The van der Waals surface area contributed by atoms with Crippen LogP contribution in [0.5, 0.6) is 0 Å². The molecule has 17 heteroatoms. The van der Waals surface area contributed by atoms with E-state index < -0.39 is 28.1 Å². The van der Waals surface area contributed by atoms with E-state index in [9.17, 15) is 22.8 Å². The summed E-state index contributed by atoms with van der Waals surface area (Å²) in [6.07, 6.45) is 3.96. The molecule has 248 valence electrons. The SMILES string of the molecule is O=P([O-])([O-])NS(=O)(=O)c1cncc(-c2nc(NCc3ccccn3)c3c(-c4ccccc4)cccc3n2)c1.[NH3+]CC(CO)(CO)CO. The fourth-order valence-electron chi connectivity index (χ4n) is 4.25. The number of quaternary nitrogens is 1. The molecule has 3 heterocycles. The summed E-state index contributed by atoms with van der Waals surface area (Å²) >= 11 is 0. The van der Waals surface area contributed by atoms with Gasteiger partial charge >= 0.3 is 0 Å². The maximum absolute atomic E-state index is 12.4. The number of rotatable bonds is 12. The monoisotopic (exact) mass is 682 g/mol. The molecule has 5 rings (SSSR count). The molecule has 0 saturated heterocycles. The number of pyridine rings is 2. The van der Waals surface area contributed by atoms with Crippen LogP contribution in [-0.4, -0.2) is 70.0 Å². The molecule has 0 unspecified atom stereocenters. The minimum absolute atomic E-state index is 0.142. The van der Waals surface area contributed by atoms with E-state index in [1.807, 2.05) is 60.7 Å². The van der Waals surface area contributed by atoms with Gasteiger partial charge in [0.1, 0.15) is 10.7 Å². The van der Waals surface area contributed by atoms with E-state index in [1.165, 1.54) is 6.20 Å². The predicted octanol–water partition coefficient (Wildman–Crippen LogP) is -0.335. The van der Waals surface area contributed by atoms with Gasteiger partial charge in [-0.15, -0.1) is 0 Å². The lowest BCUT2D eigenvalue weighted by Gasteiger charge is -2.29. The highest BCUT2D eigenvalue weighted by molar-refractivity contribution is 7.94. The second kappa shape index (κ2) is 15.6. The summed E-state index contributed by atoms with van der Waals surface area (Å²) < 4.78 is 36.9. The molecule has 0 aliphatic heterocycles. The van der Waals surface area contributed by atoms with Gasteiger partial charge in [0.15, 0.2) is 5.82 Å². The van der Waals surface area contributed by atoms with Gasteiger partial charge in [-0.05, 0) is 35.4 Å². The standard InChI is InChI=1S/C25H21N6O5PS.C5H13NO3/c32-37(33,34)31-38(35,36)20-13-18(14-26-16-20)24-29-22-11-6-10-21(17-7-2-1-3-8-17)23(22)25(30-24)28-15-19-9-4-5-12-27-19;6-1-5(2-7,3-8)4-9/h1-14,16H,15H2,(H,28,29,30)(H3,31,32,33,34);7-9H,1-4,6H2/p-1. The molecule has 15 nitrogen and oxygen atoms in total. The molecule has 0 radical (unpaired) electrons. The second-order valence-corrected chi connectivity index (χ2v) is 13.6. The van der Waals surface area contributed by atoms with Crippen LogP contribution < -0.4 is 25.3 Å². The van der Waals surface area contributed by atoms with Gasteiger partial charge in [0.25, 0.3) is 0 Å². The van der Waals surface area contributed by atoms with Gasteiger partial charge < -0.3 is 40.7 Å². The molecule has 2 aromatic carbocycles. The fourth-order valence-corrected chi connectivity index (χ4v) is 6.33. The number of aromatic nitrogens is 4. The van der Waals surface area contributed by atoms with Gasteiger partial charge in [-0.1, -0.05) is 48.5 Å². The average molecular weight is 683 g/mol. The summed E-state index contributed by atoms with van der Waals surface area (Å²) in [6.45, 7) is 0.0430. The Morgan fingerprint density at radius 1 is 0.872 bits per heavy atom. The van der Waals surface area contributed by atoms with Crippen molar-refractivity contribution in [1.29, 1.82) is 0 Å². The third-order valence-electron chi connectivity index (χ3n) is 7.02. The number of hydrogen-bond acceptors (Lipinski definition) is 13. The van der Waals surface area contributed by atoms with E-state index in [0.717, 1.165) is 39.0 Å². The number of aliphatic hydroxyl groups excluding tert-OH is 3. The summed E-state index contributed by atoms with van der Waals surface area (Å²) in [5, 5.41) is 29.9. The Morgan fingerprint density at radius 2 is 1.57 bits per heavy atom. The van der Waals surface area contributed by atoms with E-state index >= 15 is 0 Å². The zero-order chi connectivity index (χ0) is 34.1. The molecule has 47 heavy (non-hydrogen) atoms. The van der Waals surface area contributed by atoms with Crippen LogP contribution in [-0.2, 0) is 21.1 Å². The van der Waals surface area contributed by atoms with Crippen molar-refractivity contribution < 1.29 is 43.8 Å². The lowest BCUT2D eigenvalue weighted by Crippen LogP contribution is -2.61. The van der Waals surface area contributed by atoms with Crippen molar-refractivity contribution in [2.45, 2.75) is 11.4 Å². The first-order chi connectivity index (χ1) is 22.4. The van der Waals surface area contributed by atoms with Crippen LogP contribution in [0.15, 0.2) is 96.3 Å². The predicted molar refractivity (Wildman–Crippen MR) is 169 cm³/mol. The zero-order valence-corrected chi connectivity index (χ0v) is 26.6. The van der Waals surface area contributed by atoms with Crippen molar-refractivity contribution in [3.05, 3.63) is 97.1 Å². The lowest BCUT2D eigenvalue weighted by atomic mass is 9.92. The van der Waals surface area contributed by atoms with Crippen LogP contribution in [0.2, 0.25) is 0 Å². The van der Waals surface area contributed by atoms with Crippen molar-refractivity contribution in [3.8, 4) is 22.5 Å². The molecule has 3 aromatic heterocycles. The number of anilines is 1. The van der Waals surface area contributed by atoms with Crippen LogP contribution in [0.3, 0.4) is 0 Å². The van der Waals surface area contributed by atoms with Crippen molar-refractivity contribution in [2.24, 2.45) is 5.41 Å². The topological polar surface area (TPSA) is 261 Å². The molecule has 5 aromatic rings. The van der Waals surface area contributed by atoms with Crippen LogP contribution in [0, 0.1) is 5.41 Å². The van der Waals surface area contributed by atoms with Crippen molar-refractivity contribution in [3.63, 3.8) is 0 Å². The first kappa shape index (κ1) is 35.6. The Bertz CT molecular complexity index is 1930. The maximum atomic E-state index is 12.4. The van der Waals surface area contributed by atoms with Crippen LogP contribution >= 0.6 is 7.75 Å². The number of hydrogen-bond donors (Lipinski definition) is 6.